The van der Waals surface area contributed by atoms with Crippen LogP contribution in [0.25, 0.3) is 0 Å². The maximum absolute atomic E-state index is 13.1. The SMILES string of the molecule is O=C(Nc1ccc(CCNC(=O)NS(=O)(=O)C2CC2)cc1)Nc1ccc(F)c(Cl)c1. The zero-order valence-electron chi connectivity index (χ0n) is 15.7. The van der Waals surface area contributed by atoms with E-state index >= 15 is 0 Å². The van der Waals surface area contributed by atoms with E-state index in [-0.39, 0.29) is 11.6 Å². The summed E-state index contributed by atoms with van der Waals surface area (Å²) < 4.78 is 38.5. The quantitative estimate of drug-likeness (QED) is 0.512. The van der Waals surface area contributed by atoms with Crippen LogP contribution in [0.15, 0.2) is 42.5 Å². The topological polar surface area (TPSA) is 116 Å². The Kier molecular flexibility index (Phi) is 6.78. The number of amides is 4. The first-order chi connectivity index (χ1) is 14.2. The van der Waals surface area contributed by atoms with E-state index in [1.165, 1.54) is 12.1 Å². The van der Waals surface area contributed by atoms with Gasteiger partial charge in [-0.25, -0.2) is 27.1 Å². The number of halogens is 2. The molecule has 0 saturated heterocycles. The molecule has 11 heteroatoms. The van der Waals surface area contributed by atoms with Crippen LogP contribution in [-0.4, -0.2) is 32.3 Å². The van der Waals surface area contributed by atoms with E-state index in [4.69, 9.17) is 11.6 Å². The fourth-order valence-electron chi connectivity index (χ4n) is 2.57. The summed E-state index contributed by atoms with van der Waals surface area (Å²) in [7, 11) is -3.56. The van der Waals surface area contributed by atoms with Gasteiger partial charge in [0.05, 0.1) is 10.3 Å². The molecule has 0 heterocycles. The van der Waals surface area contributed by atoms with Crippen LogP contribution >= 0.6 is 11.6 Å². The van der Waals surface area contributed by atoms with E-state index in [0.717, 1.165) is 11.6 Å². The van der Waals surface area contributed by atoms with Crippen LogP contribution in [-0.2, 0) is 16.4 Å². The fourth-order valence-corrected chi connectivity index (χ4v) is 4.00. The average molecular weight is 455 g/mol. The van der Waals surface area contributed by atoms with Gasteiger partial charge in [-0.3, -0.25) is 0 Å². The third-order valence-corrected chi connectivity index (χ3v) is 6.40. The average Bonchev–Trinajstić information content (AvgIpc) is 3.52. The Bertz CT molecular complexity index is 1040. The summed E-state index contributed by atoms with van der Waals surface area (Å²) in [6.45, 7) is 0.255. The monoisotopic (exact) mass is 454 g/mol. The molecule has 0 bridgehead atoms. The zero-order chi connectivity index (χ0) is 21.7. The molecule has 4 N–H and O–H groups in total. The third-order valence-electron chi connectivity index (χ3n) is 4.29. The number of benzene rings is 2. The van der Waals surface area contributed by atoms with Crippen LogP contribution in [0, 0.1) is 5.82 Å². The zero-order valence-corrected chi connectivity index (χ0v) is 17.3. The van der Waals surface area contributed by atoms with Crippen molar-refractivity contribution < 1.29 is 22.4 Å². The Balaban J connectivity index is 1.42. The van der Waals surface area contributed by atoms with Crippen LogP contribution in [0.2, 0.25) is 5.02 Å². The van der Waals surface area contributed by atoms with Crippen LogP contribution in [0.5, 0.6) is 0 Å². The van der Waals surface area contributed by atoms with Crippen molar-refractivity contribution in [2.45, 2.75) is 24.5 Å². The number of nitrogens with one attached hydrogen (secondary N) is 4. The molecule has 1 aliphatic rings. The maximum atomic E-state index is 13.1. The molecule has 1 saturated carbocycles. The largest absolute Gasteiger partial charge is 0.337 e. The highest BCUT2D eigenvalue weighted by Gasteiger charge is 2.36. The second kappa shape index (κ2) is 9.31. The number of carbonyl (C=O) groups is 2. The lowest BCUT2D eigenvalue weighted by atomic mass is 10.1. The highest BCUT2D eigenvalue weighted by atomic mass is 35.5. The number of rotatable bonds is 7. The molecule has 2 aromatic rings. The van der Waals surface area contributed by atoms with Gasteiger partial charge in [0.1, 0.15) is 5.82 Å². The van der Waals surface area contributed by atoms with E-state index < -0.39 is 33.2 Å². The minimum Gasteiger partial charge on any atom is -0.337 e. The second-order valence-electron chi connectivity index (χ2n) is 6.76. The van der Waals surface area contributed by atoms with Crippen molar-refractivity contribution in [1.29, 1.82) is 0 Å². The lowest BCUT2D eigenvalue weighted by Gasteiger charge is -2.10. The molecule has 1 aliphatic carbocycles. The number of hydrogen-bond donors (Lipinski definition) is 4. The van der Waals surface area contributed by atoms with Gasteiger partial charge in [-0.1, -0.05) is 23.7 Å². The molecule has 8 nitrogen and oxygen atoms in total. The Hall–Kier alpha value is -2.85. The van der Waals surface area contributed by atoms with E-state index in [0.29, 0.717) is 30.6 Å². The van der Waals surface area contributed by atoms with Crippen molar-refractivity contribution in [2.24, 2.45) is 0 Å². The number of carbonyl (C=O) groups excluding carboxylic acids is 2. The number of sulfonamides is 1. The highest BCUT2D eigenvalue weighted by Crippen LogP contribution is 2.27. The molecular formula is C19H20ClFN4O4S. The molecule has 3 rings (SSSR count). The number of hydrogen-bond acceptors (Lipinski definition) is 4. The van der Waals surface area contributed by atoms with Gasteiger partial charge < -0.3 is 16.0 Å². The smallest absolute Gasteiger partial charge is 0.328 e. The van der Waals surface area contributed by atoms with E-state index in [9.17, 15) is 22.4 Å². The standard InChI is InChI=1S/C19H20ClFN4O4S/c20-16-11-14(5-8-17(16)21)24-19(27)23-13-3-1-12(2-4-13)9-10-22-18(26)25-30(28,29)15-6-7-15/h1-5,8,11,15H,6-7,9-10H2,(H2,22,25,26)(H2,23,24,27). The van der Waals surface area contributed by atoms with Gasteiger partial charge in [-0.05, 0) is 55.2 Å². The normalized spacial score (nSPS) is 13.4. The molecule has 0 aliphatic heterocycles. The van der Waals surface area contributed by atoms with Crippen molar-refractivity contribution in [3.05, 3.63) is 58.9 Å². The maximum Gasteiger partial charge on any atom is 0.328 e. The first kappa shape index (κ1) is 21.8. The van der Waals surface area contributed by atoms with Gasteiger partial charge in [-0.2, -0.15) is 0 Å². The van der Waals surface area contributed by atoms with Crippen molar-refractivity contribution in [1.82, 2.24) is 10.0 Å². The fraction of sp³-hybridized carbons (Fsp3) is 0.263. The van der Waals surface area contributed by atoms with Crippen molar-refractivity contribution in [3.8, 4) is 0 Å². The lowest BCUT2D eigenvalue weighted by Crippen LogP contribution is -2.41. The Labute approximate surface area is 178 Å². The van der Waals surface area contributed by atoms with Crippen molar-refractivity contribution >= 4 is 45.1 Å². The van der Waals surface area contributed by atoms with E-state index in [2.05, 4.69) is 16.0 Å². The molecule has 0 atom stereocenters. The summed E-state index contributed by atoms with van der Waals surface area (Å²) in [6.07, 6.45) is 1.65. The number of urea groups is 2. The van der Waals surface area contributed by atoms with Gasteiger partial charge >= 0.3 is 12.1 Å². The molecule has 1 fully saturated rings. The summed E-state index contributed by atoms with van der Waals surface area (Å²) in [5.41, 5.74) is 1.77. The van der Waals surface area contributed by atoms with Gasteiger partial charge in [0.2, 0.25) is 10.0 Å². The Morgan fingerprint density at radius 1 is 1.00 bits per heavy atom. The van der Waals surface area contributed by atoms with Crippen LogP contribution in [0.1, 0.15) is 18.4 Å². The molecule has 2 aromatic carbocycles. The van der Waals surface area contributed by atoms with Gasteiger partial charge in [0.25, 0.3) is 0 Å². The van der Waals surface area contributed by atoms with Crippen LogP contribution in [0.4, 0.5) is 25.4 Å². The molecular weight excluding hydrogens is 435 g/mol. The van der Waals surface area contributed by atoms with Crippen molar-refractivity contribution in [2.75, 3.05) is 17.2 Å². The Morgan fingerprint density at radius 3 is 2.27 bits per heavy atom. The number of anilines is 2. The summed E-state index contributed by atoms with van der Waals surface area (Å²) in [5.74, 6) is -0.574. The molecule has 4 amide bonds. The molecule has 30 heavy (non-hydrogen) atoms. The van der Waals surface area contributed by atoms with Gasteiger partial charge in [0.15, 0.2) is 0 Å². The second-order valence-corrected chi connectivity index (χ2v) is 9.13. The summed E-state index contributed by atoms with van der Waals surface area (Å²) in [4.78, 5) is 23.7. The summed E-state index contributed by atoms with van der Waals surface area (Å²) in [6, 6.07) is 9.51. The Morgan fingerprint density at radius 2 is 1.63 bits per heavy atom. The van der Waals surface area contributed by atoms with Crippen molar-refractivity contribution in [3.63, 3.8) is 0 Å². The molecule has 0 radical (unpaired) electrons. The predicted molar refractivity (Wildman–Crippen MR) is 113 cm³/mol. The minimum atomic E-state index is -3.56. The van der Waals surface area contributed by atoms with Gasteiger partial charge in [0, 0.05) is 17.9 Å². The third kappa shape index (κ3) is 6.33. The molecule has 0 spiro atoms. The predicted octanol–water partition coefficient (Wildman–Crippen LogP) is 3.46. The molecule has 160 valence electrons. The van der Waals surface area contributed by atoms with E-state index in [1.54, 1.807) is 24.3 Å². The minimum absolute atomic E-state index is 0.0930. The van der Waals surface area contributed by atoms with Crippen LogP contribution in [0.3, 0.4) is 0 Å². The molecule has 0 aromatic heterocycles. The highest BCUT2D eigenvalue weighted by molar-refractivity contribution is 7.90. The van der Waals surface area contributed by atoms with Crippen LogP contribution < -0.4 is 20.7 Å². The first-order valence-electron chi connectivity index (χ1n) is 9.14. The van der Waals surface area contributed by atoms with E-state index in [1.807, 2.05) is 4.72 Å². The van der Waals surface area contributed by atoms with Gasteiger partial charge in [-0.15, -0.1) is 0 Å². The first-order valence-corrected chi connectivity index (χ1v) is 11.1. The molecule has 0 unspecified atom stereocenters. The lowest BCUT2D eigenvalue weighted by molar-refractivity contribution is 0.246. The summed E-state index contributed by atoms with van der Waals surface area (Å²) >= 11 is 5.68. The summed E-state index contributed by atoms with van der Waals surface area (Å²) in [5, 5.41) is 7.14.